The van der Waals surface area contributed by atoms with Crippen LogP contribution >= 0.6 is 15.9 Å². The summed E-state index contributed by atoms with van der Waals surface area (Å²) in [6.07, 6.45) is 6.56. The molecular formula is C17H24BrN. The van der Waals surface area contributed by atoms with E-state index in [1.807, 2.05) is 0 Å². The van der Waals surface area contributed by atoms with Gasteiger partial charge in [0.2, 0.25) is 0 Å². The van der Waals surface area contributed by atoms with Crippen molar-refractivity contribution in [2.75, 3.05) is 0 Å². The number of fused-ring (bicyclic) bond motifs is 1. The van der Waals surface area contributed by atoms with Gasteiger partial charge < -0.3 is 5.32 Å². The quantitative estimate of drug-likeness (QED) is 0.821. The first-order valence-corrected chi connectivity index (χ1v) is 8.47. The van der Waals surface area contributed by atoms with Crippen LogP contribution in [0.1, 0.15) is 56.7 Å². The van der Waals surface area contributed by atoms with E-state index in [2.05, 4.69) is 53.3 Å². The minimum absolute atomic E-state index is 0.582. The second-order valence-corrected chi connectivity index (χ2v) is 7.38. The first kappa shape index (κ1) is 13.6. The second-order valence-electron chi connectivity index (χ2n) is 6.53. The molecule has 0 aromatic heterocycles. The van der Waals surface area contributed by atoms with E-state index in [4.69, 9.17) is 0 Å². The maximum absolute atomic E-state index is 3.93. The molecule has 4 unspecified atom stereocenters. The molecule has 1 aromatic rings. The Morgan fingerprint density at radius 3 is 2.74 bits per heavy atom. The monoisotopic (exact) mass is 321 g/mol. The fourth-order valence-electron chi connectivity index (χ4n) is 3.77. The molecule has 3 rings (SSSR count). The molecule has 0 heterocycles. The van der Waals surface area contributed by atoms with E-state index in [1.54, 1.807) is 0 Å². The van der Waals surface area contributed by atoms with Gasteiger partial charge in [-0.2, -0.15) is 0 Å². The number of hydrogen-bond acceptors (Lipinski definition) is 1. The van der Waals surface area contributed by atoms with Crippen molar-refractivity contribution >= 4 is 15.9 Å². The van der Waals surface area contributed by atoms with Gasteiger partial charge in [-0.1, -0.05) is 41.9 Å². The minimum Gasteiger partial charge on any atom is -0.307 e. The zero-order valence-electron chi connectivity index (χ0n) is 12.0. The summed E-state index contributed by atoms with van der Waals surface area (Å²) in [6.45, 7) is 4.82. The molecule has 2 aliphatic rings. The first-order chi connectivity index (χ1) is 9.15. The lowest BCUT2D eigenvalue weighted by Gasteiger charge is -2.34. The van der Waals surface area contributed by atoms with Crippen molar-refractivity contribution in [1.29, 1.82) is 0 Å². The fourth-order valence-corrected chi connectivity index (χ4v) is 4.35. The molecule has 0 amide bonds. The third-order valence-electron chi connectivity index (χ3n) is 5.25. The number of benzene rings is 1. The molecule has 2 aliphatic carbocycles. The summed E-state index contributed by atoms with van der Waals surface area (Å²) >= 11 is 3.69. The van der Waals surface area contributed by atoms with E-state index < -0.39 is 0 Å². The molecule has 1 nitrogen and oxygen atoms in total. The molecule has 0 bridgehead atoms. The Balaban J connectivity index is 1.68. The third kappa shape index (κ3) is 2.75. The lowest BCUT2D eigenvalue weighted by molar-refractivity contribution is 0.215. The van der Waals surface area contributed by atoms with E-state index in [0.29, 0.717) is 6.04 Å². The Kier molecular flexibility index (Phi) is 4.00. The molecule has 0 saturated heterocycles. The highest BCUT2D eigenvalue weighted by molar-refractivity contribution is 9.10. The van der Waals surface area contributed by atoms with Crippen molar-refractivity contribution in [3.05, 3.63) is 33.8 Å². The van der Waals surface area contributed by atoms with Gasteiger partial charge in [-0.25, -0.2) is 0 Å². The van der Waals surface area contributed by atoms with Crippen LogP contribution in [0.2, 0.25) is 0 Å². The predicted molar refractivity (Wildman–Crippen MR) is 84.3 cm³/mol. The molecule has 1 aromatic carbocycles. The second kappa shape index (κ2) is 5.57. The maximum Gasteiger partial charge on any atom is 0.0328 e. The Hall–Kier alpha value is -0.340. The van der Waals surface area contributed by atoms with Gasteiger partial charge in [0, 0.05) is 16.6 Å². The topological polar surface area (TPSA) is 12.0 Å². The van der Waals surface area contributed by atoms with E-state index in [9.17, 15) is 0 Å². The van der Waals surface area contributed by atoms with Crippen LogP contribution in [0.15, 0.2) is 22.7 Å². The molecule has 19 heavy (non-hydrogen) atoms. The normalized spacial score (nSPS) is 34.3. The van der Waals surface area contributed by atoms with Gasteiger partial charge in [0.25, 0.3) is 0 Å². The summed E-state index contributed by atoms with van der Waals surface area (Å²) in [7, 11) is 0. The van der Waals surface area contributed by atoms with Gasteiger partial charge in [-0.15, -0.1) is 0 Å². The lowest BCUT2D eigenvalue weighted by atomic mass is 9.79. The zero-order chi connectivity index (χ0) is 13.4. The molecule has 4 atom stereocenters. The smallest absolute Gasteiger partial charge is 0.0328 e. The highest BCUT2D eigenvalue weighted by atomic mass is 79.9. The molecular weight excluding hydrogens is 298 g/mol. The Bertz CT molecular complexity index is 457. The number of nitrogens with one attached hydrogen (secondary N) is 1. The van der Waals surface area contributed by atoms with Crippen LogP contribution in [0.4, 0.5) is 0 Å². The van der Waals surface area contributed by atoms with E-state index >= 15 is 0 Å². The van der Waals surface area contributed by atoms with Crippen LogP contribution in [0.5, 0.6) is 0 Å². The minimum atomic E-state index is 0.582. The van der Waals surface area contributed by atoms with E-state index in [0.717, 1.165) is 17.9 Å². The number of hydrogen-bond donors (Lipinski definition) is 1. The van der Waals surface area contributed by atoms with Crippen molar-refractivity contribution in [3.8, 4) is 0 Å². The molecule has 1 saturated carbocycles. The zero-order valence-corrected chi connectivity index (χ0v) is 13.5. The summed E-state index contributed by atoms with van der Waals surface area (Å²) < 4.78 is 1.29. The van der Waals surface area contributed by atoms with Crippen molar-refractivity contribution in [1.82, 2.24) is 5.32 Å². The van der Waals surface area contributed by atoms with Crippen molar-refractivity contribution < 1.29 is 0 Å². The van der Waals surface area contributed by atoms with Crippen LogP contribution < -0.4 is 5.32 Å². The average Bonchev–Trinajstić information content (AvgIpc) is 2.79. The maximum atomic E-state index is 3.93. The fraction of sp³-hybridized carbons (Fsp3) is 0.647. The van der Waals surface area contributed by atoms with Crippen molar-refractivity contribution in [3.63, 3.8) is 0 Å². The van der Waals surface area contributed by atoms with Gasteiger partial charge in [0.1, 0.15) is 0 Å². The molecule has 104 valence electrons. The number of rotatable bonds is 2. The van der Waals surface area contributed by atoms with Crippen molar-refractivity contribution in [2.24, 2.45) is 11.8 Å². The third-order valence-corrected chi connectivity index (χ3v) is 5.99. The van der Waals surface area contributed by atoms with Gasteiger partial charge in [0.15, 0.2) is 0 Å². The Labute approximate surface area is 125 Å². The summed E-state index contributed by atoms with van der Waals surface area (Å²) in [5.41, 5.74) is 3.05. The van der Waals surface area contributed by atoms with Crippen LogP contribution in [0, 0.1) is 11.8 Å². The van der Waals surface area contributed by atoms with E-state index in [1.165, 1.54) is 47.7 Å². The molecule has 0 aliphatic heterocycles. The molecule has 2 heteroatoms. The summed E-state index contributed by atoms with van der Waals surface area (Å²) in [4.78, 5) is 0. The lowest BCUT2D eigenvalue weighted by Crippen LogP contribution is -2.37. The van der Waals surface area contributed by atoms with E-state index in [-0.39, 0.29) is 0 Å². The molecule has 0 radical (unpaired) electrons. The predicted octanol–water partition coefficient (Wildman–Crippen LogP) is 4.85. The van der Waals surface area contributed by atoms with Crippen LogP contribution in [0.25, 0.3) is 0 Å². The molecule has 1 fully saturated rings. The summed E-state index contributed by atoms with van der Waals surface area (Å²) in [5, 5.41) is 3.93. The first-order valence-electron chi connectivity index (χ1n) is 7.68. The Morgan fingerprint density at radius 2 is 1.95 bits per heavy atom. The van der Waals surface area contributed by atoms with Crippen LogP contribution in [-0.2, 0) is 6.42 Å². The highest BCUT2D eigenvalue weighted by Gasteiger charge is 2.29. The largest absolute Gasteiger partial charge is 0.307 e. The summed E-state index contributed by atoms with van der Waals surface area (Å²) in [5.74, 6) is 1.78. The van der Waals surface area contributed by atoms with Gasteiger partial charge >= 0.3 is 0 Å². The van der Waals surface area contributed by atoms with Crippen LogP contribution in [-0.4, -0.2) is 6.04 Å². The summed E-state index contributed by atoms with van der Waals surface area (Å²) in [6, 6.07) is 7.96. The number of halogens is 1. The molecule has 0 spiro atoms. The Morgan fingerprint density at radius 1 is 1.11 bits per heavy atom. The van der Waals surface area contributed by atoms with Gasteiger partial charge in [-0.05, 0) is 61.1 Å². The standard InChI is InChI=1S/C17H24BrN/c1-11-6-7-13(10-12(11)2)19-17-9-8-14-15(17)4-3-5-16(14)18/h3-5,11-13,17,19H,6-10H2,1-2H3. The van der Waals surface area contributed by atoms with Gasteiger partial charge in [-0.3, -0.25) is 0 Å². The van der Waals surface area contributed by atoms with Crippen molar-refractivity contribution in [2.45, 2.75) is 58.0 Å². The SMILES string of the molecule is CC1CCC(NC2CCc3c(Br)cccc32)CC1C. The highest BCUT2D eigenvalue weighted by Crippen LogP contribution is 2.37. The molecule has 1 N–H and O–H groups in total. The van der Waals surface area contributed by atoms with Gasteiger partial charge in [0.05, 0.1) is 0 Å². The van der Waals surface area contributed by atoms with Crippen LogP contribution in [0.3, 0.4) is 0 Å². The average molecular weight is 322 g/mol.